The number of para-hydroxylation sites is 1. The van der Waals surface area contributed by atoms with Gasteiger partial charge in [0.1, 0.15) is 5.69 Å². The highest BCUT2D eigenvalue weighted by Crippen LogP contribution is 2.22. The van der Waals surface area contributed by atoms with Gasteiger partial charge < -0.3 is 0 Å². The monoisotopic (exact) mass is 364 g/mol. The van der Waals surface area contributed by atoms with E-state index in [0.29, 0.717) is 17.9 Å². The molecule has 130 valence electrons. The number of H-pyrrole nitrogens is 1. The molecule has 0 atom stereocenters. The number of benzene rings is 1. The molecule has 0 bridgehead atoms. The molecule has 0 fully saturated rings. The van der Waals surface area contributed by atoms with Crippen LogP contribution in [0.3, 0.4) is 0 Å². The second kappa shape index (κ2) is 7.40. The predicted molar refractivity (Wildman–Crippen MR) is 101 cm³/mol. The zero-order valence-electron chi connectivity index (χ0n) is 13.8. The first kappa shape index (κ1) is 16.3. The van der Waals surface area contributed by atoms with Gasteiger partial charge in [-0.2, -0.15) is 4.98 Å². The largest absolute Gasteiger partial charge is 0.293 e. The van der Waals surface area contributed by atoms with Crippen LogP contribution in [0.2, 0.25) is 0 Å². The number of nitrogens with zero attached hydrogens (tertiary/aromatic N) is 4. The molecule has 26 heavy (non-hydrogen) atoms. The smallest absolute Gasteiger partial charge is 0.249 e. The summed E-state index contributed by atoms with van der Waals surface area (Å²) < 4.78 is 1.18. The quantitative estimate of drug-likeness (QED) is 0.546. The lowest BCUT2D eigenvalue weighted by Gasteiger charge is -1.99. The number of thiazole rings is 1. The topological polar surface area (TPSA) is 96.5 Å². The van der Waals surface area contributed by atoms with Crippen LogP contribution in [-0.2, 0) is 11.2 Å². The van der Waals surface area contributed by atoms with E-state index in [9.17, 15) is 4.79 Å². The lowest BCUT2D eigenvalue weighted by atomic mass is 10.2. The van der Waals surface area contributed by atoms with Crippen molar-refractivity contribution in [3.8, 4) is 11.5 Å². The highest BCUT2D eigenvalue weighted by molar-refractivity contribution is 7.18. The maximum Gasteiger partial charge on any atom is 0.249 e. The van der Waals surface area contributed by atoms with Crippen LogP contribution in [0.4, 0.5) is 5.95 Å². The third kappa shape index (κ3) is 3.75. The standard InChI is InChI=1S/C18H16N6OS/c25-15(9-5-10-16-20-12-6-1-2-8-14(12)26-16)21-18-22-17(23-24-18)13-7-3-4-11-19-13/h1-4,6-8,11H,5,9-10H2,(H2,21,22,23,24,25). The van der Waals surface area contributed by atoms with Gasteiger partial charge in [0, 0.05) is 12.6 Å². The highest BCUT2D eigenvalue weighted by Gasteiger charge is 2.10. The fraction of sp³-hybridized carbons (Fsp3) is 0.167. The van der Waals surface area contributed by atoms with Crippen molar-refractivity contribution in [3.63, 3.8) is 0 Å². The third-order valence-electron chi connectivity index (χ3n) is 3.78. The average Bonchev–Trinajstić information content (AvgIpc) is 3.29. The molecule has 7 nitrogen and oxygen atoms in total. The summed E-state index contributed by atoms with van der Waals surface area (Å²) in [5.41, 5.74) is 1.69. The van der Waals surface area contributed by atoms with Gasteiger partial charge in [0.05, 0.1) is 15.2 Å². The second-order valence-corrected chi connectivity index (χ2v) is 6.81. The van der Waals surface area contributed by atoms with Gasteiger partial charge in [-0.1, -0.05) is 18.2 Å². The normalized spacial score (nSPS) is 10.9. The molecule has 0 saturated heterocycles. The molecule has 0 radical (unpaired) electrons. The van der Waals surface area contributed by atoms with Crippen LogP contribution in [0, 0.1) is 0 Å². The van der Waals surface area contributed by atoms with Crippen molar-refractivity contribution in [2.24, 2.45) is 0 Å². The van der Waals surface area contributed by atoms with Gasteiger partial charge in [0.2, 0.25) is 11.9 Å². The minimum atomic E-state index is -0.113. The highest BCUT2D eigenvalue weighted by atomic mass is 32.1. The summed E-state index contributed by atoms with van der Waals surface area (Å²) in [6.07, 6.45) is 3.57. The molecule has 3 heterocycles. The Morgan fingerprint density at radius 1 is 1.12 bits per heavy atom. The van der Waals surface area contributed by atoms with E-state index in [0.717, 1.165) is 23.4 Å². The molecule has 0 aliphatic rings. The predicted octanol–water partition coefficient (Wildman–Crippen LogP) is 3.44. The van der Waals surface area contributed by atoms with Gasteiger partial charge in [-0.25, -0.2) is 4.98 Å². The van der Waals surface area contributed by atoms with E-state index in [1.54, 1.807) is 17.5 Å². The summed E-state index contributed by atoms with van der Waals surface area (Å²) in [5.74, 6) is 0.670. The Bertz CT molecular complexity index is 993. The number of fused-ring (bicyclic) bond motifs is 1. The molecule has 0 saturated carbocycles. The Hall–Kier alpha value is -3.13. The maximum absolute atomic E-state index is 12.1. The number of aromatic nitrogens is 5. The molecule has 0 unspecified atom stereocenters. The second-order valence-electron chi connectivity index (χ2n) is 5.70. The Kier molecular flexibility index (Phi) is 4.65. The number of carbonyl (C=O) groups excluding carboxylic acids is 1. The number of aromatic amines is 1. The lowest BCUT2D eigenvalue weighted by molar-refractivity contribution is -0.116. The van der Waals surface area contributed by atoms with E-state index < -0.39 is 0 Å². The summed E-state index contributed by atoms with van der Waals surface area (Å²) in [7, 11) is 0. The molecular weight excluding hydrogens is 348 g/mol. The van der Waals surface area contributed by atoms with Crippen LogP contribution in [0.15, 0.2) is 48.7 Å². The average molecular weight is 364 g/mol. The third-order valence-corrected chi connectivity index (χ3v) is 4.87. The molecule has 4 aromatic rings. The first-order valence-electron chi connectivity index (χ1n) is 8.26. The Balaban J connectivity index is 1.29. The molecule has 8 heteroatoms. The number of anilines is 1. The van der Waals surface area contributed by atoms with Gasteiger partial charge in [-0.15, -0.1) is 16.4 Å². The molecular formula is C18H16N6OS. The number of carbonyl (C=O) groups is 1. The number of hydrogen-bond acceptors (Lipinski definition) is 6. The van der Waals surface area contributed by atoms with E-state index in [4.69, 9.17) is 0 Å². The molecule has 2 N–H and O–H groups in total. The molecule has 1 amide bonds. The molecule has 0 spiro atoms. The van der Waals surface area contributed by atoms with Crippen LogP contribution in [0.5, 0.6) is 0 Å². The van der Waals surface area contributed by atoms with Crippen molar-refractivity contribution in [2.75, 3.05) is 5.32 Å². The minimum Gasteiger partial charge on any atom is -0.293 e. The van der Waals surface area contributed by atoms with Crippen LogP contribution in [0.1, 0.15) is 17.8 Å². The van der Waals surface area contributed by atoms with E-state index in [2.05, 4.69) is 36.5 Å². The van der Waals surface area contributed by atoms with Crippen LogP contribution in [-0.4, -0.2) is 31.1 Å². The summed E-state index contributed by atoms with van der Waals surface area (Å²) in [6, 6.07) is 13.6. The van der Waals surface area contributed by atoms with E-state index >= 15 is 0 Å². The number of nitrogens with one attached hydrogen (secondary N) is 2. The lowest BCUT2D eigenvalue weighted by Crippen LogP contribution is -2.12. The number of amides is 1. The van der Waals surface area contributed by atoms with Crippen molar-refractivity contribution >= 4 is 33.4 Å². The molecule has 1 aromatic carbocycles. The maximum atomic E-state index is 12.1. The SMILES string of the molecule is O=C(CCCc1nc2ccccc2s1)Nc1n[nH]c(-c2ccccn2)n1. The van der Waals surface area contributed by atoms with Crippen molar-refractivity contribution in [3.05, 3.63) is 53.7 Å². The molecule has 0 aliphatic heterocycles. The summed E-state index contributed by atoms with van der Waals surface area (Å²) in [6.45, 7) is 0. The van der Waals surface area contributed by atoms with Gasteiger partial charge in [-0.3, -0.25) is 20.2 Å². The van der Waals surface area contributed by atoms with Gasteiger partial charge in [-0.05, 0) is 37.1 Å². The summed E-state index contributed by atoms with van der Waals surface area (Å²) in [5, 5.41) is 10.5. The summed E-state index contributed by atoms with van der Waals surface area (Å²) in [4.78, 5) is 25.1. The first-order chi connectivity index (χ1) is 12.8. The fourth-order valence-electron chi connectivity index (χ4n) is 2.55. The Morgan fingerprint density at radius 2 is 2.00 bits per heavy atom. The summed E-state index contributed by atoms with van der Waals surface area (Å²) >= 11 is 1.67. The van der Waals surface area contributed by atoms with Gasteiger partial charge >= 0.3 is 0 Å². The fourth-order valence-corrected chi connectivity index (χ4v) is 3.56. The molecule has 0 aliphatic carbocycles. The van der Waals surface area contributed by atoms with E-state index in [1.807, 2.05) is 36.4 Å². The van der Waals surface area contributed by atoms with Crippen LogP contribution >= 0.6 is 11.3 Å². The van der Waals surface area contributed by atoms with Crippen molar-refractivity contribution in [1.29, 1.82) is 0 Å². The Morgan fingerprint density at radius 3 is 2.85 bits per heavy atom. The van der Waals surface area contributed by atoms with Crippen LogP contribution < -0.4 is 5.32 Å². The number of pyridine rings is 1. The molecule has 4 rings (SSSR count). The number of rotatable bonds is 6. The van der Waals surface area contributed by atoms with E-state index in [1.165, 1.54) is 4.70 Å². The van der Waals surface area contributed by atoms with Gasteiger partial charge in [0.15, 0.2) is 5.82 Å². The number of aryl methyl sites for hydroxylation is 1. The van der Waals surface area contributed by atoms with Crippen molar-refractivity contribution < 1.29 is 4.79 Å². The molecule has 3 aromatic heterocycles. The zero-order chi connectivity index (χ0) is 17.8. The van der Waals surface area contributed by atoms with E-state index in [-0.39, 0.29) is 11.9 Å². The zero-order valence-corrected chi connectivity index (χ0v) is 14.7. The first-order valence-corrected chi connectivity index (χ1v) is 9.08. The van der Waals surface area contributed by atoms with Crippen molar-refractivity contribution in [1.82, 2.24) is 25.1 Å². The Labute approximate surface area is 153 Å². The van der Waals surface area contributed by atoms with Gasteiger partial charge in [0.25, 0.3) is 0 Å². The number of hydrogen-bond donors (Lipinski definition) is 2. The minimum absolute atomic E-state index is 0.113. The van der Waals surface area contributed by atoms with Crippen molar-refractivity contribution in [2.45, 2.75) is 19.3 Å². The van der Waals surface area contributed by atoms with Crippen LogP contribution in [0.25, 0.3) is 21.7 Å².